The first-order valence-corrected chi connectivity index (χ1v) is 6.47. The van der Waals surface area contributed by atoms with Crippen LogP contribution in [0.1, 0.15) is 16.0 Å². The van der Waals surface area contributed by atoms with E-state index in [4.69, 9.17) is 18.0 Å². The Morgan fingerprint density at radius 1 is 1.53 bits per heavy atom. The maximum absolute atomic E-state index is 5.62. The van der Waals surface area contributed by atoms with Crippen molar-refractivity contribution < 1.29 is 0 Å². The van der Waals surface area contributed by atoms with Crippen LogP contribution < -0.4 is 11.1 Å². The summed E-state index contributed by atoms with van der Waals surface area (Å²) >= 11 is 6.61. The van der Waals surface area contributed by atoms with Crippen LogP contribution in [-0.4, -0.2) is 9.97 Å². The molecule has 5 heteroatoms. The second-order valence-electron chi connectivity index (χ2n) is 3.72. The van der Waals surface area contributed by atoms with Crippen molar-refractivity contribution in [3.8, 4) is 0 Å². The maximum Gasteiger partial charge on any atom is 0.104 e. The summed E-state index contributed by atoms with van der Waals surface area (Å²) in [4.78, 5) is 5.68. The van der Waals surface area contributed by atoms with Gasteiger partial charge in [0.1, 0.15) is 4.99 Å². The number of hydrogen-bond donors (Lipinski definition) is 2. The van der Waals surface area contributed by atoms with Gasteiger partial charge in [0.05, 0.1) is 12.1 Å². The average molecular weight is 263 g/mol. The lowest BCUT2D eigenvalue weighted by molar-refractivity contribution is 1.17. The van der Waals surface area contributed by atoms with Gasteiger partial charge in [-0.25, -0.2) is 0 Å². The fourth-order valence-electron chi connectivity index (χ4n) is 1.57. The number of nitrogens with zero attached hydrogens (tertiary/aromatic N) is 1. The van der Waals surface area contributed by atoms with Crippen LogP contribution in [0.2, 0.25) is 0 Å². The molecule has 0 amide bonds. The number of benzene rings is 1. The van der Waals surface area contributed by atoms with Crippen molar-refractivity contribution >= 4 is 34.2 Å². The summed E-state index contributed by atoms with van der Waals surface area (Å²) in [7, 11) is 0. The Hall–Kier alpha value is -1.46. The third kappa shape index (κ3) is 3.01. The summed E-state index contributed by atoms with van der Waals surface area (Å²) in [5, 5.41) is 3.34. The first-order chi connectivity index (χ1) is 8.16. The van der Waals surface area contributed by atoms with Crippen molar-refractivity contribution in [1.82, 2.24) is 4.98 Å². The second kappa shape index (κ2) is 5.25. The lowest BCUT2D eigenvalue weighted by atomic mass is 10.1. The first kappa shape index (κ1) is 12.0. The van der Waals surface area contributed by atoms with Crippen molar-refractivity contribution in [2.75, 3.05) is 5.32 Å². The van der Waals surface area contributed by atoms with Gasteiger partial charge >= 0.3 is 0 Å². The third-order valence-electron chi connectivity index (χ3n) is 2.44. The maximum atomic E-state index is 5.62. The van der Waals surface area contributed by atoms with E-state index >= 15 is 0 Å². The highest BCUT2D eigenvalue weighted by Crippen LogP contribution is 2.16. The van der Waals surface area contributed by atoms with Gasteiger partial charge in [0, 0.05) is 22.3 Å². The highest BCUT2D eigenvalue weighted by molar-refractivity contribution is 7.80. The minimum absolute atomic E-state index is 0.441. The van der Waals surface area contributed by atoms with Gasteiger partial charge in [-0.3, -0.25) is 4.98 Å². The Morgan fingerprint density at radius 3 is 2.94 bits per heavy atom. The van der Waals surface area contributed by atoms with Crippen LogP contribution in [0.4, 0.5) is 5.69 Å². The zero-order valence-electron chi connectivity index (χ0n) is 9.43. The summed E-state index contributed by atoms with van der Waals surface area (Å²) in [5.74, 6) is 0. The summed E-state index contributed by atoms with van der Waals surface area (Å²) in [6.07, 6.45) is 1.87. The van der Waals surface area contributed by atoms with E-state index in [9.17, 15) is 0 Å². The molecule has 2 aromatic rings. The number of nitrogens with two attached hydrogens (primary N) is 1. The number of aryl methyl sites for hydroxylation is 1. The molecule has 17 heavy (non-hydrogen) atoms. The van der Waals surface area contributed by atoms with Crippen LogP contribution in [0.15, 0.2) is 29.9 Å². The summed E-state index contributed by atoms with van der Waals surface area (Å²) < 4.78 is 0. The number of hydrogen-bond acceptors (Lipinski definition) is 4. The van der Waals surface area contributed by atoms with E-state index in [0.29, 0.717) is 4.99 Å². The zero-order valence-corrected chi connectivity index (χ0v) is 11.1. The van der Waals surface area contributed by atoms with Gasteiger partial charge < -0.3 is 11.1 Å². The molecule has 2 rings (SSSR count). The average Bonchev–Trinajstić information content (AvgIpc) is 2.78. The number of nitrogens with one attached hydrogen (secondary N) is 1. The summed E-state index contributed by atoms with van der Waals surface area (Å²) in [5.41, 5.74) is 10.5. The van der Waals surface area contributed by atoms with Crippen LogP contribution in [0.3, 0.4) is 0 Å². The standard InChI is InChI=1S/C12H13N3S2/c1-8-4-9(2-3-11(8)12(13)16)15-6-10-5-14-7-17-10/h2-5,7,15H,6H2,1H3,(H2,13,16). The van der Waals surface area contributed by atoms with Crippen molar-refractivity contribution in [1.29, 1.82) is 0 Å². The molecule has 0 bridgehead atoms. The van der Waals surface area contributed by atoms with E-state index in [1.807, 2.05) is 30.8 Å². The molecule has 0 radical (unpaired) electrons. The fourth-order valence-corrected chi connectivity index (χ4v) is 2.33. The molecule has 88 valence electrons. The topological polar surface area (TPSA) is 50.9 Å². The molecule has 0 saturated carbocycles. The lowest BCUT2D eigenvalue weighted by Gasteiger charge is -2.08. The van der Waals surface area contributed by atoms with Gasteiger partial charge in [-0.2, -0.15) is 0 Å². The Bertz CT molecular complexity index is 521. The van der Waals surface area contributed by atoms with Crippen LogP contribution in [0.5, 0.6) is 0 Å². The minimum Gasteiger partial charge on any atom is -0.389 e. The molecule has 0 saturated heterocycles. The molecular formula is C12H13N3S2. The smallest absolute Gasteiger partial charge is 0.104 e. The van der Waals surface area contributed by atoms with E-state index < -0.39 is 0 Å². The van der Waals surface area contributed by atoms with Crippen LogP contribution >= 0.6 is 23.6 Å². The fraction of sp³-hybridized carbons (Fsp3) is 0.167. The lowest BCUT2D eigenvalue weighted by Crippen LogP contribution is -2.11. The highest BCUT2D eigenvalue weighted by atomic mass is 32.1. The largest absolute Gasteiger partial charge is 0.389 e. The molecule has 1 heterocycles. The van der Waals surface area contributed by atoms with Crippen molar-refractivity contribution in [2.24, 2.45) is 5.73 Å². The van der Waals surface area contributed by atoms with Crippen molar-refractivity contribution in [3.63, 3.8) is 0 Å². The Kier molecular flexibility index (Phi) is 3.71. The normalized spacial score (nSPS) is 10.2. The van der Waals surface area contributed by atoms with Crippen LogP contribution in [0.25, 0.3) is 0 Å². The van der Waals surface area contributed by atoms with E-state index in [2.05, 4.69) is 16.4 Å². The SMILES string of the molecule is Cc1cc(NCc2cncs2)ccc1C(N)=S. The van der Waals surface area contributed by atoms with Crippen LogP contribution in [0, 0.1) is 6.92 Å². The van der Waals surface area contributed by atoms with Gasteiger partial charge in [0.25, 0.3) is 0 Å². The Morgan fingerprint density at radius 2 is 2.35 bits per heavy atom. The van der Waals surface area contributed by atoms with E-state index in [1.54, 1.807) is 11.3 Å². The van der Waals surface area contributed by atoms with Gasteiger partial charge in [0.2, 0.25) is 0 Å². The second-order valence-corrected chi connectivity index (χ2v) is 5.13. The van der Waals surface area contributed by atoms with Gasteiger partial charge in [0.15, 0.2) is 0 Å². The van der Waals surface area contributed by atoms with E-state index in [-0.39, 0.29) is 0 Å². The summed E-state index contributed by atoms with van der Waals surface area (Å²) in [6.45, 7) is 2.79. The highest BCUT2D eigenvalue weighted by Gasteiger charge is 2.02. The van der Waals surface area contributed by atoms with E-state index in [0.717, 1.165) is 23.4 Å². The number of aromatic nitrogens is 1. The van der Waals surface area contributed by atoms with Gasteiger partial charge in [-0.15, -0.1) is 11.3 Å². The predicted octanol–water partition coefficient (Wildman–Crippen LogP) is 2.70. The molecule has 1 aromatic carbocycles. The molecule has 3 N–H and O–H groups in total. The Balaban J connectivity index is 2.07. The van der Waals surface area contributed by atoms with Gasteiger partial charge in [-0.1, -0.05) is 12.2 Å². The Labute approximate surface area is 110 Å². The molecule has 0 aliphatic rings. The zero-order chi connectivity index (χ0) is 12.3. The quantitative estimate of drug-likeness (QED) is 0.833. The molecular weight excluding hydrogens is 250 g/mol. The van der Waals surface area contributed by atoms with E-state index in [1.165, 1.54) is 4.88 Å². The molecule has 3 nitrogen and oxygen atoms in total. The van der Waals surface area contributed by atoms with Crippen molar-refractivity contribution in [3.05, 3.63) is 45.9 Å². The monoisotopic (exact) mass is 263 g/mol. The molecule has 0 fully saturated rings. The molecule has 0 spiro atoms. The minimum atomic E-state index is 0.441. The molecule has 0 aliphatic carbocycles. The van der Waals surface area contributed by atoms with Crippen molar-refractivity contribution in [2.45, 2.75) is 13.5 Å². The third-order valence-corrected chi connectivity index (χ3v) is 3.44. The number of thiocarbonyl (C=S) groups is 1. The molecule has 0 unspecified atom stereocenters. The number of anilines is 1. The van der Waals surface area contributed by atoms with Crippen LogP contribution in [-0.2, 0) is 6.54 Å². The molecule has 0 aliphatic heterocycles. The first-order valence-electron chi connectivity index (χ1n) is 5.18. The molecule has 1 aromatic heterocycles. The number of rotatable bonds is 4. The molecule has 0 atom stereocenters. The number of thiazole rings is 1. The predicted molar refractivity (Wildman–Crippen MR) is 76.5 cm³/mol. The van der Waals surface area contributed by atoms with Gasteiger partial charge in [-0.05, 0) is 30.7 Å². The summed E-state index contributed by atoms with van der Waals surface area (Å²) in [6, 6.07) is 5.99.